The number of allylic oxidation sites excluding steroid dienone is 1. The summed E-state index contributed by atoms with van der Waals surface area (Å²) in [4.78, 5) is 5.03. The maximum absolute atomic E-state index is 10.3. The smallest absolute Gasteiger partial charge is 0.0515 e. The summed E-state index contributed by atoms with van der Waals surface area (Å²) < 4.78 is 0. The van der Waals surface area contributed by atoms with Crippen LogP contribution >= 0.6 is 0 Å². The van der Waals surface area contributed by atoms with Crippen molar-refractivity contribution in [3.63, 3.8) is 0 Å². The summed E-state index contributed by atoms with van der Waals surface area (Å²) in [6, 6.07) is 12.8. The van der Waals surface area contributed by atoms with Crippen LogP contribution < -0.4 is 0 Å². The summed E-state index contributed by atoms with van der Waals surface area (Å²) in [5.74, 6) is 1.18. The van der Waals surface area contributed by atoms with E-state index in [4.69, 9.17) is 0 Å². The Morgan fingerprint density at radius 3 is 2.62 bits per heavy atom. The van der Waals surface area contributed by atoms with Crippen molar-refractivity contribution in [3.05, 3.63) is 59.9 Å². The Morgan fingerprint density at radius 2 is 1.97 bits per heavy atom. The van der Waals surface area contributed by atoms with Gasteiger partial charge < -0.3 is 5.11 Å². The molecule has 1 aromatic carbocycles. The molecule has 1 aromatic heterocycles. The van der Waals surface area contributed by atoms with Gasteiger partial charge in [0.2, 0.25) is 0 Å². The molecule has 3 heterocycles. The fourth-order valence-corrected chi connectivity index (χ4v) is 5.02. The van der Waals surface area contributed by atoms with E-state index in [1.807, 2.05) is 12.3 Å². The summed E-state index contributed by atoms with van der Waals surface area (Å²) in [5, 5.41) is 17.5. The molecule has 0 aliphatic carbocycles. The van der Waals surface area contributed by atoms with Crippen LogP contribution in [-0.4, -0.2) is 64.4 Å². The Balaban J connectivity index is 1.43. The number of benzene rings is 1. The van der Waals surface area contributed by atoms with Crippen LogP contribution in [0.2, 0.25) is 0 Å². The molecular formula is C24H34N4O. The SMILES string of the molecule is CC(C)C/C=C(\CN1CC2CN(Cc3ccn[nH]3)CC2(CO)C1)c1ccccc1. The van der Waals surface area contributed by atoms with Crippen molar-refractivity contribution in [2.75, 3.05) is 39.3 Å². The number of aromatic nitrogens is 2. The zero-order chi connectivity index (χ0) is 20.3. The number of rotatable bonds is 8. The highest BCUT2D eigenvalue weighted by Crippen LogP contribution is 2.43. The van der Waals surface area contributed by atoms with Crippen LogP contribution in [0.25, 0.3) is 5.57 Å². The predicted octanol–water partition coefficient (Wildman–Crippen LogP) is 3.27. The lowest BCUT2D eigenvalue weighted by molar-refractivity contribution is 0.113. The lowest BCUT2D eigenvalue weighted by atomic mass is 9.82. The van der Waals surface area contributed by atoms with E-state index in [1.165, 1.54) is 11.1 Å². The van der Waals surface area contributed by atoms with Crippen LogP contribution in [0, 0.1) is 17.3 Å². The van der Waals surface area contributed by atoms with E-state index >= 15 is 0 Å². The molecule has 2 aliphatic rings. The molecule has 0 radical (unpaired) electrons. The van der Waals surface area contributed by atoms with E-state index in [0.29, 0.717) is 11.8 Å². The zero-order valence-electron chi connectivity index (χ0n) is 17.7. The fourth-order valence-electron chi connectivity index (χ4n) is 5.02. The van der Waals surface area contributed by atoms with Crippen LogP contribution in [0.1, 0.15) is 31.5 Å². The maximum Gasteiger partial charge on any atom is 0.0515 e. The third-order valence-corrected chi connectivity index (χ3v) is 6.54. The molecule has 2 atom stereocenters. The van der Waals surface area contributed by atoms with Gasteiger partial charge in [-0.05, 0) is 35.5 Å². The molecule has 5 nitrogen and oxygen atoms in total. The standard InChI is InChI=1S/C24H34N4O/c1-19(2)8-9-21(20-6-4-3-5-7-20)12-27-13-22-14-28(15-23-10-11-25-26-23)17-24(22,16-27)18-29/h3-7,9-11,19,22,29H,8,12-18H2,1-2H3,(H,25,26)/b21-9+. The Morgan fingerprint density at radius 1 is 1.21 bits per heavy atom. The molecule has 156 valence electrons. The van der Waals surface area contributed by atoms with Crippen molar-refractivity contribution in [1.29, 1.82) is 0 Å². The lowest BCUT2D eigenvalue weighted by Crippen LogP contribution is -2.37. The van der Waals surface area contributed by atoms with Crippen LogP contribution in [0.3, 0.4) is 0 Å². The van der Waals surface area contributed by atoms with Crippen molar-refractivity contribution in [2.45, 2.75) is 26.8 Å². The molecule has 2 unspecified atom stereocenters. The number of nitrogens with zero attached hydrogens (tertiary/aromatic N) is 3. The number of likely N-dealkylation sites (tertiary alicyclic amines) is 2. The topological polar surface area (TPSA) is 55.4 Å². The quantitative estimate of drug-likeness (QED) is 0.722. The Labute approximate surface area is 174 Å². The van der Waals surface area contributed by atoms with Gasteiger partial charge in [0.25, 0.3) is 0 Å². The van der Waals surface area contributed by atoms with Gasteiger partial charge in [0.15, 0.2) is 0 Å². The van der Waals surface area contributed by atoms with Gasteiger partial charge in [-0.2, -0.15) is 5.10 Å². The van der Waals surface area contributed by atoms with Crippen molar-refractivity contribution in [2.24, 2.45) is 17.3 Å². The number of aliphatic hydroxyl groups excluding tert-OH is 1. The Hall–Kier alpha value is -1.95. The van der Waals surface area contributed by atoms with Gasteiger partial charge in [0, 0.05) is 56.6 Å². The summed E-state index contributed by atoms with van der Waals surface area (Å²) in [5.41, 5.74) is 3.89. The third-order valence-electron chi connectivity index (χ3n) is 6.54. The highest BCUT2D eigenvalue weighted by Gasteiger charge is 2.51. The van der Waals surface area contributed by atoms with E-state index < -0.39 is 0 Å². The second kappa shape index (κ2) is 8.82. The monoisotopic (exact) mass is 394 g/mol. The average Bonchev–Trinajstić information content (AvgIpc) is 3.41. The summed E-state index contributed by atoms with van der Waals surface area (Å²) in [6.45, 7) is 10.7. The second-order valence-corrected chi connectivity index (χ2v) is 9.36. The highest BCUT2D eigenvalue weighted by atomic mass is 16.3. The molecule has 2 aromatic rings. The predicted molar refractivity (Wildman–Crippen MR) is 117 cm³/mol. The number of hydrogen-bond acceptors (Lipinski definition) is 4. The molecule has 2 fully saturated rings. The summed E-state index contributed by atoms with van der Waals surface area (Å²) in [6.07, 6.45) is 5.33. The van der Waals surface area contributed by atoms with Crippen molar-refractivity contribution < 1.29 is 5.11 Å². The van der Waals surface area contributed by atoms with Crippen molar-refractivity contribution in [3.8, 4) is 0 Å². The Kier molecular flexibility index (Phi) is 6.18. The number of aromatic amines is 1. The molecule has 5 heteroatoms. The molecule has 2 N–H and O–H groups in total. The van der Waals surface area contributed by atoms with E-state index in [0.717, 1.165) is 51.4 Å². The highest BCUT2D eigenvalue weighted by molar-refractivity contribution is 5.67. The first-order chi connectivity index (χ1) is 14.1. The van der Waals surface area contributed by atoms with Gasteiger partial charge in [-0.25, -0.2) is 0 Å². The normalized spacial score (nSPS) is 25.8. The first-order valence-corrected chi connectivity index (χ1v) is 10.9. The van der Waals surface area contributed by atoms with E-state index in [-0.39, 0.29) is 12.0 Å². The molecule has 29 heavy (non-hydrogen) atoms. The first-order valence-electron chi connectivity index (χ1n) is 10.9. The van der Waals surface area contributed by atoms with Crippen LogP contribution in [0.15, 0.2) is 48.7 Å². The van der Waals surface area contributed by atoms with Crippen LogP contribution in [0.5, 0.6) is 0 Å². The van der Waals surface area contributed by atoms with Gasteiger partial charge in [-0.1, -0.05) is 50.3 Å². The van der Waals surface area contributed by atoms with E-state index in [2.05, 4.69) is 70.3 Å². The molecular weight excluding hydrogens is 360 g/mol. The van der Waals surface area contributed by atoms with Gasteiger partial charge in [-0.15, -0.1) is 0 Å². The van der Waals surface area contributed by atoms with Gasteiger partial charge in [0.1, 0.15) is 0 Å². The maximum atomic E-state index is 10.3. The third kappa shape index (κ3) is 4.63. The number of aliphatic hydroxyl groups is 1. The van der Waals surface area contributed by atoms with Gasteiger partial charge in [-0.3, -0.25) is 14.9 Å². The molecule has 4 rings (SSSR count). The average molecular weight is 395 g/mol. The lowest BCUT2D eigenvalue weighted by Gasteiger charge is -2.28. The zero-order valence-corrected chi connectivity index (χ0v) is 17.7. The molecule has 0 amide bonds. The number of fused-ring (bicyclic) bond motifs is 1. The van der Waals surface area contributed by atoms with E-state index in [9.17, 15) is 5.11 Å². The minimum Gasteiger partial charge on any atom is -0.396 e. The Bertz CT molecular complexity index is 802. The van der Waals surface area contributed by atoms with Gasteiger partial charge >= 0.3 is 0 Å². The van der Waals surface area contributed by atoms with Crippen molar-refractivity contribution in [1.82, 2.24) is 20.0 Å². The van der Waals surface area contributed by atoms with Crippen molar-refractivity contribution >= 4 is 5.57 Å². The van der Waals surface area contributed by atoms with E-state index in [1.54, 1.807) is 0 Å². The molecule has 0 bridgehead atoms. The molecule has 0 spiro atoms. The first kappa shape index (κ1) is 20.3. The molecule has 2 saturated heterocycles. The number of H-pyrrole nitrogens is 1. The van der Waals surface area contributed by atoms with Gasteiger partial charge in [0.05, 0.1) is 6.61 Å². The number of nitrogens with one attached hydrogen (secondary N) is 1. The molecule has 0 saturated carbocycles. The molecule has 2 aliphatic heterocycles. The summed E-state index contributed by atoms with van der Waals surface area (Å²) in [7, 11) is 0. The fraction of sp³-hybridized carbons (Fsp3) is 0.542. The largest absolute Gasteiger partial charge is 0.396 e. The number of hydrogen-bond donors (Lipinski definition) is 2. The minimum absolute atomic E-state index is 0.000132. The van der Waals surface area contributed by atoms with Crippen LogP contribution in [-0.2, 0) is 6.54 Å². The second-order valence-electron chi connectivity index (χ2n) is 9.36. The summed E-state index contributed by atoms with van der Waals surface area (Å²) >= 11 is 0. The van der Waals surface area contributed by atoms with Crippen LogP contribution in [0.4, 0.5) is 0 Å². The minimum atomic E-state index is -0.000132.